The van der Waals surface area contributed by atoms with Gasteiger partial charge in [0, 0.05) is 13.1 Å². The van der Waals surface area contributed by atoms with Gasteiger partial charge in [0.05, 0.1) is 11.8 Å². The molecule has 0 aliphatic heterocycles. The highest BCUT2D eigenvalue weighted by atomic mass is 32.2. The van der Waals surface area contributed by atoms with Gasteiger partial charge in [-0.05, 0) is 43.7 Å². The molecule has 1 aliphatic rings. The first-order valence-corrected chi connectivity index (χ1v) is 9.02. The number of aliphatic hydroxyl groups excluding tert-OH is 1. The Morgan fingerprint density at radius 2 is 1.86 bits per heavy atom. The summed E-state index contributed by atoms with van der Waals surface area (Å²) in [5.74, 6) is 0.489. The van der Waals surface area contributed by atoms with Crippen LogP contribution in [0.1, 0.15) is 32.6 Å². The van der Waals surface area contributed by atoms with Crippen molar-refractivity contribution in [3.8, 4) is 0 Å². The van der Waals surface area contributed by atoms with Gasteiger partial charge in [-0.25, -0.2) is 13.1 Å². The fourth-order valence-electron chi connectivity index (χ4n) is 2.72. The third-order valence-electron chi connectivity index (χ3n) is 3.91. The van der Waals surface area contributed by atoms with Gasteiger partial charge in [-0.1, -0.05) is 19.1 Å². The van der Waals surface area contributed by atoms with Crippen LogP contribution < -0.4 is 10.0 Å². The summed E-state index contributed by atoms with van der Waals surface area (Å²) in [5, 5.41) is 12.8. The maximum Gasteiger partial charge on any atom is 0.242 e. The summed E-state index contributed by atoms with van der Waals surface area (Å²) in [6, 6.07) is 6.97. The lowest BCUT2D eigenvalue weighted by atomic mass is 9.87. The van der Waals surface area contributed by atoms with E-state index in [1.165, 1.54) is 0 Å². The van der Waals surface area contributed by atoms with Crippen molar-refractivity contribution in [2.24, 2.45) is 5.92 Å². The van der Waals surface area contributed by atoms with Crippen molar-refractivity contribution in [3.05, 3.63) is 24.3 Å². The number of hydrogen-bond donors (Lipinski definition) is 3. The summed E-state index contributed by atoms with van der Waals surface area (Å²) in [6.45, 7) is 2.88. The van der Waals surface area contributed by atoms with Crippen LogP contribution in [0, 0.1) is 5.92 Å². The van der Waals surface area contributed by atoms with Crippen molar-refractivity contribution in [1.82, 2.24) is 4.72 Å². The monoisotopic (exact) mass is 312 g/mol. The predicted molar refractivity (Wildman–Crippen MR) is 83.8 cm³/mol. The van der Waals surface area contributed by atoms with E-state index in [2.05, 4.69) is 10.0 Å². The number of nitrogens with one attached hydrogen (secondary N) is 2. The molecule has 0 amide bonds. The Hall–Kier alpha value is -1.11. The fourth-order valence-corrected chi connectivity index (χ4v) is 3.94. The second-order valence-electron chi connectivity index (χ2n) is 5.55. The number of para-hydroxylation sites is 1. The molecule has 3 N–H and O–H groups in total. The maximum absolute atomic E-state index is 12.2. The van der Waals surface area contributed by atoms with E-state index in [0.717, 1.165) is 32.2 Å². The van der Waals surface area contributed by atoms with Crippen LogP contribution in [0.15, 0.2) is 29.2 Å². The molecular weight excluding hydrogens is 288 g/mol. The Labute approximate surface area is 126 Å². The van der Waals surface area contributed by atoms with Gasteiger partial charge in [0.2, 0.25) is 10.0 Å². The zero-order valence-corrected chi connectivity index (χ0v) is 13.2. The van der Waals surface area contributed by atoms with Gasteiger partial charge in [0.15, 0.2) is 0 Å². The maximum atomic E-state index is 12.2. The molecule has 6 heteroatoms. The zero-order valence-electron chi connectivity index (χ0n) is 12.4. The Balaban J connectivity index is 2.04. The largest absolute Gasteiger partial charge is 0.393 e. The third kappa shape index (κ3) is 4.43. The number of benzene rings is 1. The van der Waals surface area contributed by atoms with Crippen molar-refractivity contribution in [1.29, 1.82) is 0 Å². The van der Waals surface area contributed by atoms with Crippen LogP contribution in [0.25, 0.3) is 0 Å². The standard InChI is InChI=1S/C15H24N2O3S/c1-2-17-21(19,20)15-6-4-3-5-14(15)16-11-12-7-9-13(18)10-8-12/h3-6,12-13,16-18H,2,7-11H2,1H3. The van der Waals surface area contributed by atoms with E-state index in [-0.39, 0.29) is 6.10 Å². The highest BCUT2D eigenvalue weighted by Crippen LogP contribution is 2.26. The lowest BCUT2D eigenvalue weighted by molar-refractivity contribution is 0.111. The van der Waals surface area contributed by atoms with E-state index in [1.807, 2.05) is 6.07 Å². The van der Waals surface area contributed by atoms with Crippen molar-refractivity contribution in [2.45, 2.75) is 43.6 Å². The first kappa shape index (κ1) is 16.3. The van der Waals surface area contributed by atoms with Crippen molar-refractivity contribution in [2.75, 3.05) is 18.4 Å². The van der Waals surface area contributed by atoms with Gasteiger partial charge in [-0.3, -0.25) is 0 Å². The van der Waals surface area contributed by atoms with Crippen LogP contribution in [-0.4, -0.2) is 32.7 Å². The average Bonchev–Trinajstić information content (AvgIpc) is 2.47. The molecule has 0 saturated heterocycles. The van der Waals surface area contributed by atoms with Crippen molar-refractivity contribution in [3.63, 3.8) is 0 Å². The molecule has 1 aromatic rings. The van der Waals surface area contributed by atoms with Crippen LogP contribution in [-0.2, 0) is 10.0 Å². The number of sulfonamides is 1. The summed E-state index contributed by atoms with van der Waals surface area (Å²) >= 11 is 0. The molecule has 0 spiro atoms. The minimum absolute atomic E-state index is 0.164. The molecule has 0 heterocycles. The number of hydrogen-bond acceptors (Lipinski definition) is 4. The Morgan fingerprint density at radius 3 is 2.52 bits per heavy atom. The van der Waals surface area contributed by atoms with Crippen molar-refractivity contribution < 1.29 is 13.5 Å². The Kier molecular flexibility index (Phi) is 5.61. The molecule has 0 aromatic heterocycles. The van der Waals surface area contributed by atoms with E-state index < -0.39 is 10.0 Å². The van der Waals surface area contributed by atoms with E-state index in [1.54, 1.807) is 25.1 Å². The average molecular weight is 312 g/mol. The Morgan fingerprint density at radius 1 is 1.19 bits per heavy atom. The molecule has 1 fully saturated rings. The lowest BCUT2D eigenvalue weighted by Crippen LogP contribution is -2.26. The molecule has 0 radical (unpaired) electrons. The first-order chi connectivity index (χ1) is 10.0. The molecule has 118 valence electrons. The van der Waals surface area contributed by atoms with E-state index >= 15 is 0 Å². The molecule has 5 nitrogen and oxygen atoms in total. The zero-order chi connectivity index (χ0) is 15.3. The van der Waals surface area contributed by atoms with Crippen LogP contribution in [0.2, 0.25) is 0 Å². The van der Waals surface area contributed by atoms with Gasteiger partial charge >= 0.3 is 0 Å². The molecule has 2 rings (SSSR count). The van der Waals surface area contributed by atoms with Crippen molar-refractivity contribution >= 4 is 15.7 Å². The summed E-state index contributed by atoms with van der Waals surface area (Å²) in [4.78, 5) is 0.294. The van der Waals surface area contributed by atoms with Gasteiger partial charge in [-0.2, -0.15) is 0 Å². The van der Waals surface area contributed by atoms with Gasteiger partial charge in [0.25, 0.3) is 0 Å². The second-order valence-corrected chi connectivity index (χ2v) is 7.29. The van der Waals surface area contributed by atoms with Gasteiger partial charge in [0.1, 0.15) is 4.90 Å². The van der Waals surface area contributed by atoms with E-state index in [0.29, 0.717) is 23.0 Å². The smallest absolute Gasteiger partial charge is 0.242 e. The molecule has 0 unspecified atom stereocenters. The lowest BCUT2D eigenvalue weighted by Gasteiger charge is -2.26. The molecule has 0 atom stereocenters. The normalized spacial score (nSPS) is 23.0. The van der Waals surface area contributed by atoms with Gasteiger partial charge in [-0.15, -0.1) is 0 Å². The highest BCUT2D eigenvalue weighted by Gasteiger charge is 2.21. The number of anilines is 1. The minimum Gasteiger partial charge on any atom is -0.393 e. The van der Waals surface area contributed by atoms with Gasteiger partial charge < -0.3 is 10.4 Å². The van der Waals surface area contributed by atoms with Crippen LogP contribution in [0.3, 0.4) is 0 Å². The minimum atomic E-state index is -3.46. The summed E-state index contributed by atoms with van der Waals surface area (Å²) < 4.78 is 26.8. The molecule has 0 bridgehead atoms. The van der Waals surface area contributed by atoms with Crippen LogP contribution in [0.5, 0.6) is 0 Å². The van der Waals surface area contributed by atoms with E-state index in [9.17, 15) is 13.5 Å². The first-order valence-electron chi connectivity index (χ1n) is 7.53. The summed E-state index contributed by atoms with van der Waals surface area (Å²) in [6.07, 6.45) is 3.47. The van der Waals surface area contributed by atoms with Crippen LogP contribution in [0.4, 0.5) is 5.69 Å². The third-order valence-corrected chi connectivity index (χ3v) is 5.51. The predicted octanol–water partition coefficient (Wildman–Crippen LogP) is 1.95. The van der Waals surface area contributed by atoms with E-state index in [4.69, 9.17) is 0 Å². The summed E-state index contributed by atoms with van der Waals surface area (Å²) in [7, 11) is -3.46. The Bertz CT molecular complexity index is 552. The second kappa shape index (κ2) is 7.24. The summed E-state index contributed by atoms with van der Waals surface area (Å²) in [5.41, 5.74) is 0.643. The molecular formula is C15H24N2O3S. The quantitative estimate of drug-likeness (QED) is 0.750. The SMILES string of the molecule is CCNS(=O)(=O)c1ccccc1NCC1CCC(O)CC1. The van der Waals surface area contributed by atoms with Crippen LogP contribution >= 0.6 is 0 Å². The number of aliphatic hydroxyl groups is 1. The molecule has 1 aliphatic carbocycles. The fraction of sp³-hybridized carbons (Fsp3) is 0.600. The molecule has 1 aromatic carbocycles. The molecule has 21 heavy (non-hydrogen) atoms. The number of rotatable bonds is 6. The molecule has 1 saturated carbocycles. The highest BCUT2D eigenvalue weighted by molar-refractivity contribution is 7.89. The topological polar surface area (TPSA) is 78.4 Å².